The SMILES string of the molecule is CC12CCC(C(=O)C1=O)C2(C)C.CCCCN1c2ccccc2Cc2cc(Cl)ccc21. The number of halogens is 1. The second kappa shape index (κ2) is 8.09. The van der Waals surface area contributed by atoms with Gasteiger partial charge in [0.1, 0.15) is 0 Å². The minimum absolute atomic E-state index is 0.00926. The third-order valence-corrected chi connectivity index (χ3v) is 8.23. The van der Waals surface area contributed by atoms with Crippen LogP contribution in [0.25, 0.3) is 0 Å². The zero-order chi connectivity index (χ0) is 22.4. The lowest BCUT2D eigenvalue weighted by Crippen LogP contribution is -2.33. The van der Waals surface area contributed by atoms with Gasteiger partial charge >= 0.3 is 0 Å². The molecule has 2 atom stereocenters. The number of nitrogens with zero attached hydrogens (tertiary/aromatic N) is 1. The largest absolute Gasteiger partial charge is 0.341 e. The maximum absolute atomic E-state index is 11.6. The number of anilines is 2. The Morgan fingerprint density at radius 1 is 1.03 bits per heavy atom. The van der Waals surface area contributed by atoms with Crippen molar-refractivity contribution in [2.45, 2.75) is 59.8 Å². The summed E-state index contributed by atoms with van der Waals surface area (Å²) < 4.78 is 0. The molecule has 0 saturated heterocycles. The van der Waals surface area contributed by atoms with Crippen molar-refractivity contribution in [2.24, 2.45) is 16.7 Å². The van der Waals surface area contributed by atoms with Crippen molar-refractivity contribution in [1.82, 2.24) is 0 Å². The number of benzene rings is 2. The van der Waals surface area contributed by atoms with E-state index in [4.69, 9.17) is 11.6 Å². The molecule has 2 saturated carbocycles. The van der Waals surface area contributed by atoms with E-state index in [9.17, 15) is 9.59 Å². The highest BCUT2D eigenvalue weighted by Crippen LogP contribution is 2.61. The van der Waals surface area contributed by atoms with Crippen molar-refractivity contribution >= 4 is 34.5 Å². The third-order valence-electron chi connectivity index (χ3n) is 8.00. The summed E-state index contributed by atoms with van der Waals surface area (Å²) in [5, 5.41) is 0.827. The Hall–Kier alpha value is -2.13. The molecule has 0 N–H and O–H groups in total. The molecule has 2 bridgehead atoms. The molecular formula is C27H32ClNO2. The number of rotatable bonds is 3. The van der Waals surface area contributed by atoms with E-state index in [1.807, 2.05) is 26.8 Å². The van der Waals surface area contributed by atoms with Gasteiger partial charge in [-0.3, -0.25) is 9.59 Å². The first-order valence-corrected chi connectivity index (χ1v) is 11.8. The molecule has 164 valence electrons. The van der Waals surface area contributed by atoms with Crippen LogP contribution in [0.5, 0.6) is 0 Å². The van der Waals surface area contributed by atoms with Crippen LogP contribution in [0.1, 0.15) is 64.5 Å². The molecule has 2 unspecified atom stereocenters. The minimum Gasteiger partial charge on any atom is -0.341 e. The van der Waals surface area contributed by atoms with Crippen LogP contribution in [-0.2, 0) is 16.0 Å². The van der Waals surface area contributed by atoms with E-state index in [-0.39, 0.29) is 28.3 Å². The number of carbonyl (C=O) groups excluding carboxylic acids is 2. The lowest BCUT2D eigenvalue weighted by molar-refractivity contribution is -0.141. The number of hydrogen-bond donors (Lipinski definition) is 0. The molecule has 0 amide bonds. The Bertz CT molecular complexity index is 1030. The van der Waals surface area contributed by atoms with Gasteiger partial charge < -0.3 is 4.90 Å². The molecular weight excluding hydrogens is 406 g/mol. The van der Waals surface area contributed by atoms with Crippen molar-refractivity contribution in [3.63, 3.8) is 0 Å². The highest BCUT2D eigenvalue weighted by Gasteiger charge is 2.66. The van der Waals surface area contributed by atoms with E-state index in [1.54, 1.807) is 0 Å². The van der Waals surface area contributed by atoms with E-state index < -0.39 is 0 Å². The molecule has 0 spiro atoms. The topological polar surface area (TPSA) is 37.4 Å². The van der Waals surface area contributed by atoms with Crippen molar-refractivity contribution in [3.05, 3.63) is 58.6 Å². The normalized spacial score (nSPS) is 25.1. The monoisotopic (exact) mass is 437 g/mol. The van der Waals surface area contributed by atoms with Crippen LogP contribution in [0.2, 0.25) is 5.02 Å². The number of Topliss-reactive ketones (excluding diaryl/α,β-unsaturated/α-hetero) is 2. The molecule has 2 aromatic carbocycles. The summed E-state index contributed by atoms with van der Waals surface area (Å²) in [6, 6.07) is 14.9. The summed E-state index contributed by atoms with van der Waals surface area (Å²) in [6.07, 6.45) is 5.20. The Labute approximate surface area is 190 Å². The first kappa shape index (κ1) is 22.1. The molecule has 1 aliphatic heterocycles. The second-order valence-electron chi connectivity index (χ2n) is 9.92. The van der Waals surface area contributed by atoms with Gasteiger partial charge in [-0.05, 0) is 60.1 Å². The Balaban J connectivity index is 0.000000166. The summed E-state index contributed by atoms with van der Waals surface area (Å²) in [4.78, 5) is 25.4. The zero-order valence-corrected chi connectivity index (χ0v) is 19.8. The summed E-state index contributed by atoms with van der Waals surface area (Å²) >= 11 is 6.14. The molecule has 3 nitrogen and oxygen atoms in total. The lowest BCUT2D eigenvalue weighted by Gasteiger charge is -2.33. The fourth-order valence-corrected chi connectivity index (χ4v) is 5.77. The van der Waals surface area contributed by atoms with Crippen LogP contribution in [0.4, 0.5) is 11.4 Å². The molecule has 5 rings (SSSR count). The average molecular weight is 438 g/mol. The number of unbranched alkanes of at least 4 members (excludes halogenated alkanes) is 1. The van der Waals surface area contributed by atoms with Crippen LogP contribution < -0.4 is 4.90 Å². The van der Waals surface area contributed by atoms with Gasteiger partial charge in [0.25, 0.3) is 0 Å². The molecule has 1 heterocycles. The van der Waals surface area contributed by atoms with Crippen molar-refractivity contribution < 1.29 is 9.59 Å². The van der Waals surface area contributed by atoms with E-state index in [1.165, 1.54) is 35.3 Å². The summed E-state index contributed by atoms with van der Waals surface area (Å²) in [5.74, 6) is -0.229. The molecule has 4 heteroatoms. The van der Waals surface area contributed by atoms with Crippen molar-refractivity contribution in [1.29, 1.82) is 0 Å². The second-order valence-corrected chi connectivity index (χ2v) is 10.4. The zero-order valence-electron chi connectivity index (χ0n) is 19.0. The lowest BCUT2D eigenvalue weighted by atomic mass is 9.70. The molecule has 31 heavy (non-hydrogen) atoms. The van der Waals surface area contributed by atoms with E-state index in [0.29, 0.717) is 0 Å². The van der Waals surface area contributed by atoms with Gasteiger partial charge in [0.15, 0.2) is 0 Å². The quantitative estimate of drug-likeness (QED) is 0.497. The van der Waals surface area contributed by atoms with E-state index >= 15 is 0 Å². The number of para-hydroxylation sites is 1. The van der Waals surface area contributed by atoms with Gasteiger partial charge in [-0.1, -0.05) is 63.9 Å². The number of hydrogen-bond acceptors (Lipinski definition) is 3. The number of fused-ring (bicyclic) bond motifs is 4. The highest BCUT2D eigenvalue weighted by atomic mass is 35.5. The van der Waals surface area contributed by atoms with Crippen LogP contribution in [0.3, 0.4) is 0 Å². The fraction of sp³-hybridized carbons (Fsp3) is 0.481. The van der Waals surface area contributed by atoms with Crippen molar-refractivity contribution in [2.75, 3.05) is 11.4 Å². The van der Waals surface area contributed by atoms with E-state index in [0.717, 1.165) is 30.8 Å². The maximum atomic E-state index is 11.6. The van der Waals surface area contributed by atoms with Gasteiger partial charge in [-0.25, -0.2) is 0 Å². The van der Waals surface area contributed by atoms with Gasteiger partial charge in [0.05, 0.1) is 0 Å². The van der Waals surface area contributed by atoms with Gasteiger partial charge in [-0.15, -0.1) is 0 Å². The Morgan fingerprint density at radius 3 is 2.35 bits per heavy atom. The first-order valence-electron chi connectivity index (χ1n) is 11.4. The minimum atomic E-state index is -0.352. The summed E-state index contributed by atoms with van der Waals surface area (Å²) in [5.41, 5.74) is 4.95. The van der Waals surface area contributed by atoms with Crippen LogP contribution in [0, 0.1) is 16.7 Å². The van der Waals surface area contributed by atoms with E-state index in [2.05, 4.69) is 48.2 Å². The first-order chi connectivity index (χ1) is 14.7. The van der Waals surface area contributed by atoms with Gasteiger partial charge in [-0.2, -0.15) is 0 Å². The predicted octanol–water partition coefficient (Wildman–Crippen LogP) is 6.76. The highest BCUT2D eigenvalue weighted by molar-refractivity contribution is 6.43. The smallest absolute Gasteiger partial charge is 0.205 e. The summed E-state index contributed by atoms with van der Waals surface area (Å²) in [7, 11) is 0. The van der Waals surface area contributed by atoms with Gasteiger partial charge in [0, 0.05) is 40.7 Å². The number of carbonyl (C=O) groups is 2. The molecule has 3 aliphatic rings. The number of ketones is 2. The van der Waals surface area contributed by atoms with Crippen LogP contribution >= 0.6 is 11.6 Å². The Morgan fingerprint density at radius 2 is 1.74 bits per heavy atom. The van der Waals surface area contributed by atoms with Gasteiger partial charge in [0.2, 0.25) is 11.6 Å². The molecule has 0 aromatic heterocycles. The van der Waals surface area contributed by atoms with Crippen molar-refractivity contribution in [3.8, 4) is 0 Å². The standard InChI is InChI=1S/C17H18ClN.C10H14O2/c1-2-3-10-19-16-7-5-4-6-13(16)11-14-12-15(18)8-9-17(14)19;1-9(2)6-4-5-10(9,3)8(12)7(6)11/h4-9,12H,2-3,10-11H2,1H3;6H,4-5H2,1-3H3. The fourth-order valence-electron chi connectivity index (χ4n) is 5.57. The average Bonchev–Trinajstić information content (AvgIpc) is 3.05. The Kier molecular flexibility index (Phi) is 5.76. The molecule has 2 fully saturated rings. The molecule has 2 aromatic rings. The van der Waals surface area contributed by atoms with Crippen LogP contribution in [-0.4, -0.2) is 18.1 Å². The third kappa shape index (κ3) is 3.51. The van der Waals surface area contributed by atoms with Crippen LogP contribution in [0.15, 0.2) is 42.5 Å². The molecule has 2 aliphatic carbocycles. The maximum Gasteiger partial charge on any atom is 0.205 e. The predicted molar refractivity (Wildman–Crippen MR) is 127 cm³/mol. The molecule has 0 radical (unpaired) electrons. The summed E-state index contributed by atoms with van der Waals surface area (Å²) in [6.45, 7) is 9.35.